The molecule has 20 heavy (non-hydrogen) atoms. The van der Waals surface area contributed by atoms with E-state index >= 15 is 0 Å². The Balaban J connectivity index is 1.68. The van der Waals surface area contributed by atoms with E-state index in [1.807, 2.05) is 6.07 Å². The lowest BCUT2D eigenvalue weighted by atomic mass is 10.0. The van der Waals surface area contributed by atoms with Crippen LogP contribution in [0.1, 0.15) is 16.7 Å². The summed E-state index contributed by atoms with van der Waals surface area (Å²) in [7, 11) is 0. The van der Waals surface area contributed by atoms with E-state index in [4.69, 9.17) is 5.84 Å². The number of nitrogens with two attached hydrogens (primary N) is 1. The molecular weight excluding hydrogens is 248 g/mol. The summed E-state index contributed by atoms with van der Waals surface area (Å²) in [5.74, 6) is 6.13. The van der Waals surface area contributed by atoms with Crippen molar-refractivity contribution >= 4 is 5.82 Å². The Morgan fingerprint density at radius 2 is 1.80 bits per heavy atom. The van der Waals surface area contributed by atoms with Crippen LogP contribution in [-0.4, -0.2) is 23.0 Å². The van der Waals surface area contributed by atoms with Crippen molar-refractivity contribution in [1.29, 1.82) is 0 Å². The van der Waals surface area contributed by atoms with Gasteiger partial charge < -0.3 is 5.43 Å². The van der Waals surface area contributed by atoms with Crippen LogP contribution in [0.2, 0.25) is 0 Å². The van der Waals surface area contributed by atoms with Crippen LogP contribution in [0, 0.1) is 0 Å². The predicted octanol–water partition coefficient (Wildman–Crippen LogP) is 1.97. The topological polar surface area (TPSA) is 54.2 Å². The van der Waals surface area contributed by atoms with Crippen molar-refractivity contribution in [3.05, 3.63) is 59.3 Å². The lowest BCUT2D eigenvalue weighted by molar-refractivity contribution is 0.279. The van der Waals surface area contributed by atoms with Gasteiger partial charge in [0.15, 0.2) is 0 Å². The van der Waals surface area contributed by atoms with E-state index < -0.39 is 0 Å². The Hall–Kier alpha value is -1.91. The number of hydrazine groups is 1. The number of fused-ring (bicyclic) bond motifs is 1. The van der Waals surface area contributed by atoms with Crippen molar-refractivity contribution in [2.45, 2.75) is 19.4 Å². The minimum atomic E-state index is 0.723. The second kappa shape index (κ2) is 6.03. The molecule has 0 spiro atoms. The van der Waals surface area contributed by atoms with Crippen LogP contribution >= 0.6 is 0 Å². The van der Waals surface area contributed by atoms with E-state index in [0.717, 1.165) is 38.3 Å². The van der Waals surface area contributed by atoms with Crippen LogP contribution in [0.5, 0.6) is 0 Å². The van der Waals surface area contributed by atoms with Gasteiger partial charge in [0.25, 0.3) is 0 Å². The molecule has 3 rings (SSSR count). The quantitative estimate of drug-likeness (QED) is 0.660. The van der Waals surface area contributed by atoms with Gasteiger partial charge in [-0.2, -0.15) is 0 Å². The smallest absolute Gasteiger partial charge is 0.140 e. The molecule has 0 saturated heterocycles. The molecule has 0 radical (unpaired) electrons. The summed E-state index contributed by atoms with van der Waals surface area (Å²) in [4.78, 5) is 6.64. The van der Waals surface area contributed by atoms with Gasteiger partial charge in [0.05, 0.1) is 0 Å². The number of nitrogen functional groups attached to an aromatic ring is 1. The third-order valence-corrected chi connectivity index (χ3v) is 3.89. The zero-order valence-electron chi connectivity index (χ0n) is 11.5. The van der Waals surface area contributed by atoms with Crippen molar-refractivity contribution in [3.63, 3.8) is 0 Å². The summed E-state index contributed by atoms with van der Waals surface area (Å²) in [6, 6.07) is 12.8. The number of rotatable bonds is 3. The molecule has 0 saturated carbocycles. The monoisotopic (exact) mass is 268 g/mol. The van der Waals surface area contributed by atoms with E-state index in [2.05, 4.69) is 45.6 Å². The van der Waals surface area contributed by atoms with E-state index in [-0.39, 0.29) is 0 Å². The molecule has 0 aliphatic carbocycles. The fourth-order valence-electron chi connectivity index (χ4n) is 2.78. The van der Waals surface area contributed by atoms with Crippen molar-refractivity contribution in [3.8, 4) is 0 Å². The number of aromatic nitrogens is 1. The number of anilines is 1. The standard InChI is InChI=1S/C16H20N4/c17-19-16-11-13(5-8-18-16)12-20-9-6-14-3-1-2-4-15(14)7-10-20/h1-5,8,11H,6-7,9-10,12,17H2,(H,18,19). The van der Waals surface area contributed by atoms with Crippen molar-refractivity contribution in [1.82, 2.24) is 9.88 Å². The highest BCUT2D eigenvalue weighted by Gasteiger charge is 2.13. The SMILES string of the molecule is NNc1cc(CN2CCc3ccccc3CC2)ccn1. The Kier molecular flexibility index (Phi) is 3.95. The van der Waals surface area contributed by atoms with Crippen LogP contribution in [0.3, 0.4) is 0 Å². The molecule has 1 aliphatic heterocycles. The third kappa shape index (κ3) is 2.98. The summed E-state index contributed by atoms with van der Waals surface area (Å²) < 4.78 is 0. The summed E-state index contributed by atoms with van der Waals surface area (Å²) in [5, 5.41) is 0. The van der Waals surface area contributed by atoms with Crippen LogP contribution in [0.4, 0.5) is 5.82 Å². The Morgan fingerprint density at radius 3 is 2.45 bits per heavy atom. The first kappa shape index (κ1) is 13.1. The van der Waals surface area contributed by atoms with Crippen LogP contribution in [0.25, 0.3) is 0 Å². The van der Waals surface area contributed by atoms with Crippen molar-refractivity contribution < 1.29 is 0 Å². The van der Waals surface area contributed by atoms with Crippen LogP contribution < -0.4 is 11.3 Å². The maximum atomic E-state index is 5.41. The molecule has 1 aromatic carbocycles. The number of pyridine rings is 1. The molecule has 0 atom stereocenters. The Bertz CT molecular complexity index is 555. The van der Waals surface area contributed by atoms with Gasteiger partial charge >= 0.3 is 0 Å². The minimum absolute atomic E-state index is 0.723. The molecule has 4 heteroatoms. The van der Waals surface area contributed by atoms with Gasteiger partial charge in [-0.15, -0.1) is 0 Å². The van der Waals surface area contributed by atoms with Gasteiger partial charge in [-0.05, 0) is 41.7 Å². The molecule has 0 amide bonds. The van der Waals surface area contributed by atoms with Crippen LogP contribution in [0.15, 0.2) is 42.6 Å². The maximum absolute atomic E-state index is 5.41. The lowest BCUT2D eigenvalue weighted by Gasteiger charge is -2.19. The van der Waals surface area contributed by atoms with E-state index in [1.54, 1.807) is 6.20 Å². The second-order valence-corrected chi connectivity index (χ2v) is 5.24. The molecule has 104 valence electrons. The van der Waals surface area contributed by atoms with Crippen LogP contribution in [-0.2, 0) is 19.4 Å². The minimum Gasteiger partial charge on any atom is -0.308 e. The van der Waals surface area contributed by atoms with E-state index in [1.165, 1.54) is 16.7 Å². The van der Waals surface area contributed by atoms with Gasteiger partial charge in [-0.25, -0.2) is 10.8 Å². The first-order valence-corrected chi connectivity index (χ1v) is 7.06. The van der Waals surface area contributed by atoms with Crippen molar-refractivity contribution in [2.24, 2.45) is 5.84 Å². The second-order valence-electron chi connectivity index (χ2n) is 5.24. The van der Waals surface area contributed by atoms with E-state index in [9.17, 15) is 0 Å². The zero-order valence-corrected chi connectivity index (χ0v) is 11.5. The number of benzene rings is 1. The highest BCUT2D eigenvalue weighted by Crippen LogP contribution is 2.17. The number of nitrogens with one attached hydrogen (secondary N) is 1. The van der Waals surface area contributed by atoms with Gasteiger partial charge in [-0.3, -0.25) is 4.90 Å². The summed E-state index contributed by atoms with van der Waals surface area (Å²) in [6.07, 6.45) is 4.06. The molecule has 0 unspecified atom stereocenters. The predicted molar refractivity (Wildman–Crippen MR) is 81.2 cm³/mol. The van der Waals surface area contributed by atoms with E-state index in [0.29, 0.717) is 0 Å². The first-order chi connectivity index (χ1) is 9.85. The maximum Gasteiger partial charge on any atom is 0.140 e. The van der Waals surface area contributed by atoms with Gasteiger partial charge in [-0.1, -0.05) is 24.3 Å². The largest absolute Gasteiger partial charge is 0.308 e. The zero-order chi connectivity index (χ0) is 13.8. The fourth-order valence-corrected chi connectivity index (χ4v) is 2.78. The molecule has 1 aliphatic rings. The molecule has 4 nitrogen and oxygen atoms in total. The number of nitrogens with zero attached hydrogens (tertiary/aromatic N) is 2. The van der Waals surface area contributed by atoms with Gasteiger partial charge in [0, 0.05) is 25.8 Å². The van der Waals surface area contributed by atoms with Crippen molar-refractivity contribution in [2.75, 3.05) is 18.5 Å². The number of hydrogen-bond acceptors (Lipinski definition) is 4. The normalized spacial score (nSPS) is 15.4. The van der Waals surface area contributed by atoms with Gasteiger partial charge in [0.2, 0.25) is 0 Å². The third-order valence-electron chi connectivity index (χ3n) is 3.89. The lowest BCUT2D eigenvalue weighted by Crippen LogP contribution is -2.26. The molecule has 0 fully saturated rings. The van der Waals surface area contributed by atoms with Gasteiger partial charge in [0.1, 0.15) is 5.82 Å². The fraction of sp³-hybridized carbons (Fsp3) is 0.312. The summed E-state index contributed by atoms with van der Waals surface area (Å²) in [5.41, 5.74) is 6.84. The molecular formula is C16H20N4. The molecule has 0 bridgehead atoms. The average molecular weight is 268 g/mol. The molecule has 2 aromatic rings. The molecule has 1 aromatic heterocycles. The summed E-state index contributed by atoms with van der Waals surface area (Å²) in [6.45, 7) is 3.15. The number of hydrogen-bond donors (Lipinski definition) is 2. The molecule has 3 N–H and O–H groups in total. The summed E-state index contributed by atoms with van der Waals surface area (Å²) >= 11 is 0. The average Bonchev–Trinajstić information content (AvgIpc) is 2.70. The Morgan fingerprint density at radius 1 is 1.10 bits per heavy atom. The molecule has 2 heterocycles. The Labute approximate surface area is 119 Å². The first-order valence-electron chi connectivity index (χ1n) is 7.06. The highest BCUT2D eigenvalue weighted by molar-refractivity contribution is 5.36. The highest BCUT2D eigenvalue weighted by atomic mass is 15.2.